The Bertz CT molecular complexity index is 484. The number of ether oxygens (including phenoxy) is 2. The van der Waals surface area contributed by atoms with Crippen molar-refractivity contribution in [3.63, 3.8) is 0 Å². The third-order valence-corrected chi connectivity index (χ3v) is 2.89. The van der Waals surface area contributed by atoms with Gasteiger partial charge in [0.25, 0.3) is 5.56 Å². The minimum absolute atomic E-state index is 0.0904. The third-order valence-electron chi connectivity index (χ3n) is 2.32. The molecule has 0 radical (unpaired) electrons. The number of halogens is 1. The van der Waals surface area contributed by atoms with Crippen molar-refractivity contribution in [3.05, 3.63) is 32.7 Å². The molecule has 0 aliphatic carbocycles. The van der Waals surface area contributed by atoms with Gasteiger partial charge in [0.2, 0.25) is 0 Å². The van der Waals surface area contributed by atoms with Crippen LogP contribution in [0.25, 0.3) is 0 Å². The molecule has 1 aromatic rings. The minimum Gasteiger partial charge on any atom is -0.462 e. The number of aromatic nitrogens is 1. The van der Waals surface area contributed by atoms with Crippen molar-refractivity contribution < 1.29 is 14.3 Å². The Hall–Kier alpha value is -1.14. The predicted octanol–water partition coefficient (Wildman–Crippen LogP) is 1.89. The van der Waals surface area contributed by atoms with Crippen LogP contribution >= 0.6 is 15.9 Å². The molecule has 0 atom stereocenters. The van der Waals surface area contributed by atoms with Gasteiger partial charge in [0, 0.05) is 12.8 Å². The van der Waals surface area contributed by atoms with E-state index in [0.717, 1.165) is 12.0 Å². The van der Waals surface area contributed by atoms with Crippen molar-refractivity contribution in [2.45, 2.75) is 26.8 Å². The van der Waals surface area contributed by atoms with Gasteiger partial charge in [0.15, 0.2) is 0 Å². The average molecular weight is 332 g/mol. The first-order valence-corrected chi connectivity index (χ1v) is 6.94. The summed E-state index contributed by atoms with van der Waals surface area (Å²) < 4.78 is 11.9. The average Bonchev–Trinajstić information content (AvgIpc) is 2.35. The summed E-state index contributed by atoms with van der Waals surface area (Å²) in [5.74, 6) is -0.445. The number of carbonyl (C=O) groups is 1. The van der Waals surface area contributed by atoms with Crippen molar-refractivity contribution >= 4 is 21.9 Å². The SMILES string of the molecule is CCCOCCOC(=O)Cn1cc(C)cc(Br)c1=O. The summed E-state index contributed by atoms with van der Waals surface area (Å²) in [6.45, 7) is 5.01. The lowest BCUT2D eigenvalue weighted by atomic mass is 10.3. The van der Waals surface area contributed by atoms with E-state index in [9.17, 15) is 9.59 Å². The van der Waals surface area contributed by atoms with Gasteiger partial charge in [0.05, 0.1) is 11.1 Å². The third kappa shape index (κ3) is 5.57. The van der Waals surface area contributed by atoms with E-state index < -0.39 is 5.97 Å². The van der Waals surface area contributed by atoms with Crippen LogP contribution in [0.2, 0.25) is 0 Å². The van der Waals surface area contributed by atoms with E-state index in [2.05, 4.69) is 15.9 Å². The second-order valence-electron chi connectivity index (χ2n) is 4.13. The van der Waals surface area contributed by atoms with Gasteiger partial charge in [-0.1, -0.05) is 6.92 Å². The number of hydrogen-bond donors (Lipinski definition) is 0. The molecule has 0 amide bonds. The van der Waals surface area contributed by atoms with Crippen LogP contribution in [0.3, 0.4) is 0 Å². The summed E-state index contributed by atoms with van der Waals surface area (Å²) in [4.78, 5) is 23.3. The molecule has 1 rings (SSSR count). The lowest BCUT2D eigenvalue weighted by Crippen LogP contribution is -2.26. The topological polar surface area (TPSA) is 57.5 Å². The minimum atomic E-state index is -0.445. The fourth-order valence-corrected chi connectivity index (χ4v) is 2.09. The summed E-state index contributed by atoms with van der Waals surface area (Å²) in [7, 11) is 0. The van der Waals surface area contributed by atoms with Crippen LogP contribution in [0, 0.1) is 6.92 Å². The molecule has 106 valence electrons. The lowest BCUT2D eigenvalue weighted by molar-refractivity contribution is -0.146. The molecule has 0 aliphatic heterocycles. The van der Waals surface area contributed by atoms with Crippen LogP contribution in [0.5, 0.6) is 0 Å². The molecule has 0 aromatic carbocycles. The zero-order valence-electron chi connectivity index (χ0n) is 11.1. The first-order chi connectivity index (χ1) is 9.04. The van der Waals surface area contributed by atoms with E-state index in [1.807, 2.05) is 13.8 Å². The van der Waals surface area contributed by atoms with Gasteiger partial charge in [0.1, 0.15) is 13.2 Å². The summed E-state index contributed by atoms with van der Waals surface area (Å²) in [6.07, 6.45) is 2.56. The van der Waals surface area contributed by atoms with Crippen LogP contribution in [0.15, 0.2) is 21.5 Å². The zero-order chi connectivity index (χ0) is 14.3. The molecule has 5 nitrogen and oxygen atoms in total. The standard InChI is InChI=1S/C13H18BrNO4/c1-3-4-18-5-6-19-12(16)9-15-8-10(2)7-11(14)13(15)17/h7-8H,3-6,9H2,1-2H3. The van der Waals surface area contributed by atoms with E-state index in [-0.39, 0.29) is 18.7 Å². The number of esters is 1. The molecule has 0 bridgehead atoms. The molecule has 0 saturated carbocycles. The van der Waals surface area contributed by atoms with Gasteiger partial charge in [-0.2, -0.15) is 0 Å². The van der Waals surface area contributed by atoms with Gasteiger partial charge in [-0.3, -0.25) is 9.59 Å². The fraction of sp³-hybridized carbons (Fsp3) is 0.538. The maximum absolute atomic E-state index is 11.8. The number of nitrogens with zero attached hydrogens (tertiary/aromatic N) is 1. The fourth-order valence-electron chi connectivity index (χ4n) is 1.50. The van der Waals surface area contributed by atoms with Crippen molar-refractivity contribution in [1.29, 1.82) is 0 Å². The second-order valence-corrected chi connectivity index (χ2v) is 4.99. The molecule has 0 spiro atoms. The number of aryl methyl sites for hydroxylation is 1. The maximum atomic E-state index is 11.8. The first kappa shape index (κ1) is 15.9. The van der Waals surface area contributed by atoms with Crippen molar-refractivity contribution in [2.75, 3.05) is 19.8 Å². The number of pyridine rings is 1. The quantitative estimate of drug-likeness (QED) is 0.565. The smallest absolute Gasteiger partial charge is 0.326 e. The summed E-state index contributed by atoms with van der Waals surface area (Å²) >= 11 is 3.16. The largest absolute Gasteiger partial charge is 0.462 e. The summed E-state index contributed by atoms with van der Waals surface area (Å²) in [5, 5.41) is 0. The van der Waals surface area contributed by atoms with E-state index in [1.54, 1.807) is 12.3 Å². The zero-order valence-corrected chi connectivity index (χ0v) is 12.7. The van der Waals surface area contributed by atoms with Crippen LogP contribution in [0.1, 0.15) is 18.9 Å². The van der Waals surface area contributed by atoms with Gasteiger partial charge in [-0.15, -0.1) is 0 Å². The Kier molecular flexibility index (Phi) is 6.80. The maximum Gasteiger partial charge on any atom is 0.326 e. The Labute approximate surface area is 120 Å². The molecule has 0 N–H and O–H groups in total. The number of hydrogen-bond acceptors (Lipinski definition) is 4. The number of carbonyl (C=O) groups excluding carboxylic acids is 1. The number of rotatable bonds is 7. The highest BCUT2D eigenvalue weighted by Crippen LogP contribution is 2.05. The van der Waals surface area contributed by atoms with Gasteiger partial charge in [-0.05, 0) is 40.9 Å². The molecule has 0 aliphatic rings. The summed E-state index contributed by atoms with van der Waals surface area (Å²) in [6, 6.07) is 1.71. The highest BCUT2D eigenvalue weighted by molar-refractivity contribution is 9.10. The van der Waals surface area contributed by atoms with Crippen molar-refractivity contribution in [3.8, 4) is 0 Å². The monoisotopic (exact) mass is 331 g/mol. The second kappa shape index (κ2) is 8.12. The summed E-state index contributed by atoms with van der Waals surface area (Å²) in [5.41, 5.74) is 0.648. The molecule has 0 unspecified atom stereocenters. The molecule has 0 fully saturated rings. The van der Waals surface area contributed by atoms with E-state index >= 15 is 0 Å². The van der Waals surface area contributed by atoms with Crippen molar-refractivity contribution in [2.24, 2.45) is 0 Å². The van der Waals surface area contributed by atoms with E-state index in [1.165, 1.54) is 4.57 Å². The van der Waals surface area contributed by atoms with Crippen molar-refractivity contribution in [1.82, 2.24) is 4.57 Å². The Morgan fingerprint density at radius 3 is 2.79 bits per heavy atom. The molecule has 1 heterocycles. The van der Waals surface area contributed by atoms with Gasteiger partial charge >= 0.3 is 5.97 Å². The lowest BCUT2D eigenvalue weighted by Gasteiger charge is -2.08. The van der Waals surface area contributed by atoms with E-state index in [0.29, 0.717) is 17.7 Å². The Balaban J connectivity index is 2.47. The Morgan fingerprint density at radius 1 is 1.37 bits per heavy atom. The molecule has 1 aromatic heterocycles. The molecule has 0 saturated heterocycles. The van der Waals surface area contributed by atoms with Crippen LogP contribution < -0.4 is 5.56 Å². The normalized spacial score (nSPS) is 10.5. The molecular formula is C13H18BrNO4. The highest BCUT2D eigenvalue weighted by Gasteiger charge is 2.08. The van der Waals surface area contributed by atoms with E-state index in [4.69, 9.17) is 9.47 Å². The molecule has 19 heavy (non-hydrogen) atoms. The predicted molar refractivity (Wildman–Crippen MR) is 75.2 cm³/mol. The van der Waals surface area contributed by atoms with Gasteiger partial charge in [-0.25, -0.2) is 0 Å². The van der Waals surface area contributed by atoms with Crippen LogP contribution in [0.4, 0.5) is 0 Å². The van der Waals surface area contributed by atoms with Crippen LogP contribution in [-0.4, -0.2) is 30.4 Å². The Morgan fingerprint density at radius 2 is 2.11 bits per heavy atom. The van der Waals surface area contributed by atoms with Gasteiger partial charge < -0.3 is 14.0 Å². The molecular weight excluding hydrogens is 314 g/mol. The van der Waals surface area contributed by atoms with Crippen LogP contribution in [-0.2, 0) is 20.8 Å². The highest BCUT2D eigenvalue weighted by atomic mass is 79.9. The first-order valence-electron chi connectivity index (χ1n) is 6.14. The molecule has 6 heteroatoms.